The van der Waals surface area contributed by atoms with Crippen LogP contribution in [0.4, 0.5) is 0 Å². The fourth-order valence-electron chi connectivity index (χ4n) is 1.70. The number of aliphatic hydroxyl groups excluding tert-OH is 1. The van der Waals surface area contributed by atoms with Gasteiger partial charge in [0.1, 0.15) is 0 Å². The molecule has 7 heteroatoms. The van der Waals surface area contributed by atoms with Crippen molar-refractivity contribution in [3.63, 3.8) is 0 Å². The van der Waals surface area contributed by atoms with Crippen LogP contribution in [0, 0.1) is 0 Å². The first-order chi connectivity index (χ1) is 8.72. The number of thioether (sulfide) groups is 1. The van der Waals surface area contributed by atoms with E-state index in [0.29, 0.717) is 13.0 Å². The summed E-state index contributed by atoms with van der Waals surface area (Å²) in [6, 6.07) is 0.242. The Hall–Kier alpha value is -0.790. The Kier molecular flexibility index (Phi) is 7.07. The summed E-state index contributed by atoms with van der Waals surface area (Å²) in [7, 11) is 0. The fraction of sp³-hybridized carbons (Fsp3) is 0.818. The first kappa shape index (κ1) is 15.3. The minimum Gasteiger partial charge on any atom is -0.396 e. The van der Waals surface area contributed by atoms with Crippen molar-refractivity contribution in [1.29, 1.82) is 0 Å². The van der Waals surface area contributed by atoms with Crippen molar-refractivity contribution in [1.82, 2.24) is 20.1 Å². The van der Waals surface area contributed by atoms with E-state index in [-0.39, 0.29) is 18.3 Å². The molecule has 0 saturated carbocycles. The zero-order chi connectivity index (χ0) is 13.4. The Balaban J connectivity index is 2.58. The molecule has 0 aliphatic carbocycles. The molecule has 0 aliphatic rings. The van der Waals surface area contributed by atoms with E-state index in [1.807, 2.05) is 13.8 Å². The maximum absolute atomic E-state index is 11.5. The van der Waals surface area contributed by atoms with Gasteiger partial charge in [-0.2, -0.15) is 0 Å². The predicted octanol–water partition coefficient (Wildman–Crippen LogP) is 0.434. The van der Waals surface area contributed by atoms with E-state index < -0.39 is 0 Å². The SMILES string of the molecule is CCCn1c(SCC(CCO)NCC)n[nH]c1=O. The van der Waals surface area contributed by atoms with Crippen molar-refractivity contribution in [3.05, 3.63) is 10.5 Å². The van der Waals surface area contributed by atoms with Crippen LogP contribution in [-0.4, -0.2) is 44.8 Å². The van der Waals surface area contributed by atoms with E-state index in [1.54, 1.807) is 16.3 Å². The van der Waals surface area contributed by atoms with Crippen molar-refractivity contribution < 1.29 is 5.11 Å². The van der Waals surface area contributed by atoms with Crippen molar-refractivity contribution >= 4 is 11.8 Å². The van der Waals surface area contributed by atoms with Crippen LogP contribution in [0.2, 0.25) is 0 Å². The molecule has 18 heavy (non-hydrogen) atoms. The molecular weight excluding hydrogens is 252 g/mol. The van der Waals surface area contributed by atoms with E-state index in [0.717, 1.165) is 23.9 Å². The maximum Gasteiger partial charge on any atom is 0.343 e. The van der Waals surface area contributed by atoms with E-state index in [1.165, 1.54) is 0 Å². The molecule has 1 aromatic heterocycles. The van der Waals surface area contributed by atoms with Crippen molar-refractivity contribution in [2.24, 2.45) is 0 Å². The van der Waals surface area contributed by atoms with Crippen LogP contribution in [0.1, 0.15) is 26.7 Å². The Morgan fingerprint density at radius 3 is 2.94 bits per heavy atom. The standard InChI is InChI=1S/C11H22N4O2S/c1-3-6-15-10(17)13-14-11(15)18-8-9(5-7-16)12-4-2/h9,12,16H,3-8H2,1-2H3,(H,13,17). The number of rotatable bonds is 9. The summed E-state index contributed by atoms with van der Waals surface area (Å²) in [5.41, 5.74) is -0.151. The Bertz CT molecular complexity index is 385. The molecule has 1 atom stereocenters. The summed E-state index contributed by atoms with van der Waals surface area (Å²) in [6.07, 6.45) is 1.61. The lowest BCUT2D eigenvalue weighted by Crippen LogP contribution is -2.32. The average molecular weight is 274 g/mol. The van der Waals surface area contributed by atoms with Gasteiger partial charge in [-0.25, -0.2) is 9.89 Å². The first-order valence-corrected chi connectivity index (χ1v) is 7.33. The normalized spacial score (nSPS) is 12.8. The number of H-pyrrole nitrogens is 1. The van der Waals surface area contributed by atoms with Gasteiger partial charge >= 0.3 is 5.69 Å². The second kappa shape index (κ2) is 8.34. The third-order valence-electron chi connectivity index (χ3n) is 2.55. The number of nitrogens with one attached hydrogen (secondary N) is 2. The minimum atomic E-state index is -0.151. The highest BCUT2D eigenvalue weighted by Crippen LogP contribution is 2.15. The molecule has 0 aromatic carbocycles. The van der Waals surface area contributed by atoms with Gasteiger partial charge in [-0.3, -0.25) is 4.57 Å². The molecule has 0 aliphatic heterocycles. The van der Waals surface area contributed by atoms with Crippen LogP contribution < -0.4 is 11.0 Å². The van der Waals surface area contributed by atoms with E-state index in [4.69, 9.17) is 5.11 Å². The fourth-order valence-corrected chi connectivity index (χ4v) is 2.77. The molecule has 0 bridgehead atoms. The molecule has 3 N–H and O–H groups in total. The number of aromatic nitrogens is 3. The molecule has 1 heterocycles. The third kappa shape index (κ3) is 4.47. The van der Waals surface area contributed by atoms with Crippen LogP contribution in [0.3, 0.4) is 0 Å². The average Bonchev–Trinajstić information content (AvgIpc) is 2.69. The zero-order valence-corrected chi connectivity index (χ0v) is 11.8. The van der Waals surface area contributed by atoms with Crippen LogP contribution in [0.25, 0.3) is 0 Å². The Morgan fingerprint density at radius 2 is 2.33 bits per heavy atom. The first-order valence-electron chi connectivity index (χ1n) is 6.35. The molecule has 0 fully saturated rings. The van der Waals surface area contributed by atoms with Crippen LogP contribution >= 0.6 is 11.8 Å². The Morgan fingerprint density at radius 1 is 1.56 bits per heavy atom. The molecular formula is C11H22N4O2S. The summed E-state index contributed by atoms with van der Waals surface area (Å²) in [5.74, 6) is 0.794. The number of aromatic amines is 1. The summed E-state index contributed by atoms with van der Waals surface area (Å²) in [6.45, 7) is 5.79. The molecule has 104 valence electrons. The second-order valence-corrected chi connectivity index (χ2v) is 5.03. The van der Waals surface area contributed by atoms with Crippen molar-refractivity contribution in [2.75, 3.05) is 18.9 Å². The summed E-state index contributed by atoms with van der Waals surface area (Å²) in [5, 5.41) is 19.5. The van der Waals surface area contributed by atoms with Gasteiger partial charge < -0.3 is 10.4 Å². The topological polar surface area (TPSA) is 82.9 Å². The molecule has 0 saturated heterocycles. The van der Waals surface area contributed by atoms with Gasteiger partial charge in [0.25, 0.3) is 0 Å². The quantitative estimate of drug-likeness (QED) is 0.569. The highest BCUT2D eigenvalue weighted by molar-refractivity contribution is 7.99. The lowest BCUT2D eigenvalue weighted by atomic mass is 10.2. The number of aliphatic hydroxyl groups is 1. The molecule has 1 rings (SSSR count). The van der Waals surface area contributed by atoms with Crippen LogP contribution in [0.15, 0.2) is 9.95 Å². The Labute approximate surface area is 111 Å². The third-order valence-corrected chi connectivity index (χ3v) is 3.69. The predicted molar refractivity (Wildman–Crippen MR) is 73.0 cm³/mol. The summed E-state index contributed by atoms with van der Waals surface area (Å²) in [4.78, 5) is 11.5. The number of hydrogen-bond acceptors (Lipinski definition) is 5. The zero-order valence-electron chi connectivity index (χ0n) is 11.0. The smallest absolute Gasteiger partial charge is 0.343 e. The minimum absolute atomic E-state index is 0.151. The summed E-state index contributed by atoms with van der Waals surface area (Å²) >= 11 is 1.54. The van der Waals surface area contributed by atoms with Gasteiger partial charge in [-0.1, -0.05) is 25.6 Å². The molecule has 6 nitrogen and oxygen atoms in total. The number of nitrogens with zero attached hydrogens (tertiary/aromatic N) is 2. The largest absolute Gasteiger partial charge is 0.396 e. The monoisotopic (exact) mass is 274 g/mol. The van der Waals surface area contributed by atoms with Gasteiger partial charge in [0.05, 0.1) is 0 Å². The summed E-state index contributed by atoms with van der Waals surface area (Å²) < 4.78 is 1.66. The maximum atomic E-state index is 11.5. The van der Waals surface area contributed by atoms with E-state index >= 15 is 0 Å². The van der Waals surface area contributed by atoms with Gasteiger partial charge in [0, 0.05) is 24.9 Å². The molecule has 0 amide bonds. The van der Waals surface area contributed by atoms with Crippen molar-refractivity contribution in [3.8, 4) is 0 Å². The van der Waals surface area contributed by atoms with E-state index in [9.17, 15) is 4.79 Å². The molecule has 1 aromatic rings. The molecule has 1 unspecified atom stereocenters. The van der Waals surface area contributed by atoms with Crippen LogP contribution in [-0.2, 0) is 6.54 Å². The number of hydrogen-bond donors (Lipinski definition) is 3. The lowest BCUT2D eigenvalue weighted by Gasteiger charge is -2.15. The van der Waals surface area contributed by atoms with Crippen molar-refractivity contribution in [2.45, 2.75) is 44.4 Å². The van der Waals surface area contributed by atoms with E-state index in [2.05, 4.69) is 15.5 Å². The van der Waals surface area contributed by atoms with Gasteiger partial charge in [-0.05, 0) is 19.4 Å². The van der Waals surface area contributed by atoms with Gasteiger partial charge in [0.2, 0.25) is 0 Å². The highest BCUT2D eigenvalue weighted by atomic mass is 32.2. The van der Waals surface area contributed by atoms with Gasteiger partial charge in [-0.15, -0.1) is 5.10 Å². The van der Waals surface area contributed by atoms with Gasteiger partial charge in [0.15, 0.2) is 5.16 Å². The molecule has 0 spiro atoms. The second-order valence-electron chi connectivity index (χ2n) is 4.04. The highest BCUT2D eigenvalue weighted by Gasteiger charge is 2.12. The van der Waals surface area contributed by atoms with Crippen LogP contribution in [0.5, 0.6) is 0 Å². The lowest BCUT2D eigenvalue weighted by molar-refractivity contribution is 0.271. The molecule has 0 radical (unpaired) electrons.